The minimum absolute atomic E-state index is 0.0101. The van der Waals surface area contributed by atoms with Crippen LogP contribution in [0.15, 0.2) is 67.0 Å². The number of nitrogens with zero attached hydrogens (tertiary/aromatic N) is 3. The Morgan fingerprint density at radius 1 is 1.16 bits per heavy atom. The molecule has 2 amide bonds. The van der Waals surface area contributed by atoms with Crippen molar-refractivity contribution < 1.29 is 28.6 Å². The van der Waals surface area contributed by atoms with Gasteiger partial charge >= 0.3 is 0 Å². The van der Waals surface area contributed by atoms with Crippen molar-refractivity contribution in [2.24, 2.45) is 5.73 Å². The second kappa shape index (κ2) is 10.7. The van der Waals surface area contributed by atoms with Crippen LogP contribution in [0.25, 0.3) is 22.6 Å². The largest absolute Gasteiger partial charge is 0.490 e. The summed E-state index contributed by atoms with van der Waals surface area (Å²) >= 11 is 0. The van der Waals surface area contributed by atoms with Gasteiger partial charge in [0, 0.05) is 29.1 Å². The second-order valence-corrected chi connectivity index (χ2v) is 11.3. The van der Waals surface area contributed by atoms with E-state index in [0.717, 1.165) is 12.8 Å². The van der Waals surface area contributed by atoms with Crippen LogP contribution in [-0.2, 0) is 15.8 Å². The first kappa shape index (κ1) is 28.2. The Balaban J connectivity index is 1.30. The fraction of sp³-hybridized carbons (Fsp3) is 0.281. The van der Waals surface area contributed by atoms with Crippen LogP contribution in [0.3, 0.4) is 0 Å². The maximum absolute atomic E-state index is 13.7. The Hall–Kier alpha value is -4.90. The Morgan fingerprint density at radius 2 is 1.88 bits per heavy atom. The molecule has 2 aromatic carbocycles. The van der Waals surface area contributed by atoms with Gasteiger partial charge < -0.3 is 25.6 Å². The molecule has 2 aliphatic rings. The molecule has 43 heavy (non-hydrogen) atoms. The molecule has 220 valence electrons. The number of hydrogen-bond donors (Lipinski definition) is 3. The average molecular weight is 584 g/mol. The molecule has 11 heteroatoms. The lowest BCUT2D eigenvalue weighted by Crippen LogP contribution is -2.41. The van der Waals surface area contributed by atoms with Crippen molar-refractivity contribution in [3.8, 4) is 34.1 Å². The molecular formula is C32H30FN5O5. The number of nitrogens with two attached hydrogens (primary N) is 1. The summed E-state index contributed by atoms with van der Waals surface area (Å²) in [5.41, 5.74) is 5.27. The van der Waals surface area contributed by atoms with E-state index in [0.29, 0.717) is 45.3 Å². The number of pyridine rings is 1. The number of primary amides is 1. The number of carbonyl (C=O) groups excluding carboxylic acids is 2. The van der Waals surface area contributed by atoms with E-state index in [1.165, 1.54) is 31.2 Å². The monoisotopic (exact) mass is 583 g/mol. The van der Waals surface area contributed by atoms with E-state index in [-0.39, 0.29) is 24.9 Å². The van der Waals surface area contributed by atoms with Crippen LogP contribution in [0.4, 0.5) is 4.39 Å². The van der Waals surface area contributed by atoms with Crippen molar-refractivity contribution in [2.75, 3.05) is 13.2 Å². The van der Waals surface area contributed by atoms with Crippen molar-refractivity contribution in [3.05, 3.63) is 89.6 Å². The number of ether oxygens (including phenoxy) is 2. The van der Waals surface area contributed by atoms with Gasteiger partial charge in [0.2, 0.25) is 5.91 Å². The third-order valence-electron chi connectivity index (χ3n) is 7.75. The van der Waals surface area contributed by atoms with Gasteiger partial charge in [-0.05, 0) is 81.3 Å². The Bertz CT molecular complexity index is 1710. The molecule has 10 nitrogen and oxygen atoms in total. The molecule has 0 bridgehead atoms. The summed E-state index contributed by atoms with van der Waals surface area (Å²) in [4.78, 5) is 39.1. The van der Waals surface area contributed by atoms with E-state index in [9.17, 15) is 19.1 Å². The van der Waals surface area contributed by atoms with Crippen molar-refractivity contribution in [1.29, 1.82) is 0 Å². The zero-order chi connectivity index (χ0) is 30.4. The lowest BCUT2D eigenvalue weighted by atomic mass is 9.82. The molecule has 4 aromatic rings. The van der Waals surface area contributed by atoms with Crippen LogP contribution < -0.4 is 20.5 Å². The number of carbonyl (C=O) groups is 2. The molecule has 1 aliphatic heterocycles. The van der Waals surface area contributed by atoms with Gasteiger partial charge in [0.25, 0.3) is 5.91 Å². The number of aromatic nitrogens is 3. The molecule has 0 spiro atoms. The van der Waals surface area contributed by atoms with Crippen LogP contribution in [0, 0.1) is 5.82 Å². The van der Waals surface area contributed by atoms with Crippen LogP contribution in [0.5, 0.6) is 11.5 Å². The van der Waals surface area contributed by atoms with Crippen LogP contribution in [-0.4, -0.2) is 51.1 Å². The summed E-state index contributed by atoms with van der Waals surface area (Å²) in [5, 5.41) is 14.4. The third kappa shape index (κ3) is 5.51. The van der Waals surface area contributed by atoms with E-state index in [2.05, 4.69) is 20.3 Å². The van der Waals surface area contributed by atoms with Crippen molar-refractivity contribution >= 4 is 11.8 Å². The molecule has 0 unspecified atom stereocenters. The summed E-state index contributed by atoms with van der Waals surface area (Å²) in [5.74, 6) is -0.124. The van der Waals surface area contributed by atoms with Gasteiger partial charge in [0.1, 0.15) is 40.6 Å². The predicted molar refractivity (Wildman–Crippen MR) is 155 cm³/mol. The zero-order valence-electron chi connectivity index (χ0n) is 23.6. The van der Waals surface area contributed by atoms with E-state index in [1.807, 2.05) is 0 Å². The molecule has 0 radical (unpaired) electrons. The first-order valence-corrected chi connectivity index (χ1v) is 13.9. The fourth-order valence-corrected chi connectivity index (χ4v) is 4.86. The number of nitrogens with one attached hydrogen (secondary N) is 1. The lowest BCUT2D eigenvalue weighted by molar-refractivity contribution is -0.123. The Morgan fingerprint density at radius 3 is 2.56 bits per heavy atom. The van der Waals surface area contributed by atoms with Crippen molar-refractivity contribution in [3.63, 3.8) is 0 Å². The molecule has 0 saturated heterocycles. The summed E-state index contributed by atoms with van der Waals surface area (Å²) < 4.78 is 25.6. The molecule has 1 saturated carbocycles. The molecule has 2 atom stereocenters. The minimum atomic E-state index is -1.68. The lowest BCUT2D eigenvalue weighted by Gasteiger charge is -2.26. The summed E-state index contributed by atoms with van der Waals surface area (Å²) in [6.07, 6.45) is 5.31. The zero-order valence-corrected chi connectivity index (χ0v) is 23.6. The van der Waals surface area contributed by atoms with Gasteiger partial charge in [0.05, 0.1) is 23.9 Å². The van der Waals surface area contributed by atoms with E-state index in [4.69, 9.17) is 15.2 Å². The average Bonchev–Trinajstić information content (AvgIpc) is 3.76. The van der Waals surface area contributed by atoms with Crippen LogP contribution in [0.2, 0.25) is 0 Å². The highest BCUT2D eigenvalue weighted by atomic mass is 19.1. The first-order chi connectivity index (χ1) is 20.5. The fourth-order valence-electron chi connectivity index (χ4n) is 4.86. The number of hydrogen-bond acceptors (Lipinski definition) is 8. The van der Waals surface area contributed by atoms with Crippen molar-refractivity contribution in [2.45, 2.75) is 43.8 Å². The quantitative estimate of drug-likeness (QED) is 0.270. The molecule has 6 rings (SSSR count). The van der Waals surface area contributed by atoms with Gasteiger partial charge in [-0.15, -0.1) is 0 Å². The SMILES string of the molecule is C[C@](O)(CNC(=O)c1ccc(OC2CC2)c(-c2ncccn2)c1)c1cc2c(c(-c3ccc(F)cc3)n1)OC[C@]2(C)C(N)=O. The number of amides is 2. The number of fused-ring (bicyclic) bond motifs is 1. The van der Waals surface area contributed by atoms with Crippen LogP contribution >= 0.6 is 0 Å². The van der Waals surface area contributed by atoms with Gasteiger partial charge in [0.15, 0.2) is 5.82 Å². The van der Waals surface area contributed by atoms with E-state index >= 15 is 0 Å². The molecule has 2 aromatic heterocycles. The molecule has 4 N–H and O–H groups in total. The highest BCUT2D eigenvalue weighted by Crippen LogP contribution is 2.45. The number of rotatable bonds is 9. The molecule has 1 fully saturated rings. The minimum Gasteiger partial charge on any atom is -0.490 e. The smallest absolute Gasteiger partial charge is 0.251 e. The molecular weight excluding hydrogens is 553 g/mol. The molecule has 3 heterocycles. The Kier molecular flexibility index (Phi) is 7.05. The van der Waals surface area contributed by atoms with Gasteiger partial charge in [-0.2, -0.15) is 0 Å². The van der Waals surface area contributed by atoms with E-state index in [1.54, 1.807) is 49.6 Å². The topological polar surface area (TPSA) is 150 Å². The molecule has 1 aliphatic carbocycles. The highest BCUT2D eigenvalue weighted by Gasteiger charge is 2.45. The predicted octanol–water partition coefficient (Wildman–Crippen LogP) is 3.66. The summed E-state index contributed by atoms with van der Waals surface area (Å²) in [6, 6.07) is 13.9. The number of aliphatic hydroxyl groups is 1. The normalized spacial score (nSPS) is 18.7. The number of halogens is 1. The third-order valence-corrected chi connectivity index (χ3v) is 7.75. The highest BCUT2D eigenvalue weighted by molar-refractivity contribution is 5.96. The Labute approximate surface area is 247 Å². The first-order valence-electron chi connectivity index (χ1n) is 13.9. The van der Waals surface area contributed by atoms with Crippen molar-refractivity contribution in [1.82, 2.24) is 20.3 Å². The standard InChI is InChI=1S/C32H30FN5O5/c1-31(30(34)40)17-42-27-23(31)15-25(38-26(27)18-4-7-20(33)8-5-18)32(2,41)16-37-29(39)19-6-11-24(43-21-9-10-21)22(14-19)28-35-12-3-13-36-28/h3-8,11-15,21,41H,9-10,16-17H2,1-2H3,(H2,34,40)(H,37,39)/t31-,32-/m0/s1. The van der Waals surface area contributed by atoms with Crippen LogP contribution in [0.1, 0.15) is 48.3 Å². The maximum Gasteiger partial charge on any atom is 0.251 e. The summed E-state index contributed by atoms with van der Waals surface area (Å²) in [6.45, 7) is 2.93. The maximum atomic E-state index is 13.7. The summed E-state index contributed by atoms with van der Waals surface area (Å²) in [7, 11) is 0. The number of benzene rings is 2. The second-order valence-electron chi connectivity index (χ2n) is 11.3. The van der Waals surface area contributed by atoms with E-state index < -0.39 is 28.6 Å². The van der Waals surface area contributed by atoms with Gasteiger partial charge in [-0.25, -0.2) is 19.3 Å². The van der Waals surface area contributed by atoms with Gasteiger partial charge in [-0.3, -0.25) is 9.59 Å². The van der Waals surface area contributed by atoms with Gasteiger partial charge in [-0.1, -0.05) is 0 Å².